The van der Waals surface area contributed by atoms with Gasteiger partial charge in [0.25, 0.3) is 0 Å². The lowest BCUT2D eigenvalue weighted by molar-refractivity contribution is 0.597. The third-order valence-corrected chi connectivity index (χ3v) is 3.88. The van der Waals surface area contributed by atoms with Gasteiger partial charge in [0.2, 0.25) is 0 Å². The zero-order chi connectivity index (χ0) is 10.6. The quantitative estimate of drug-likeness (QED) is 0.625. The summed E-state index contributed by atoms with van der Waals surface area (Å²) in [4.78, 5) is 9.29. The molecule has 78 valence electrons. The molecule has 0 amide bonds. The van der Waals surface area contributed by atoms with Gasteiger partial charge in [0.15, 0.2) is 0 Å². The fourth-order valence-corrected chi connectivity index (χ4v) is 3.17. The fraction of sp³-hybridized carbons (Fsp3) is 0.286. The van der Waals surface area contributed by atoms with Crippen molar-refractivity contribution in [2.75, 3.05) is 0 Å². The maximum Gasteiger partial charge on any atom is 0.0763 e. The van der Waals surface area contributed by atoms with E-state index in [1.165, 1.54) is 29.8 Å². The number of rotatable bonds is 0. The van der Waals surface area contributed by atoms with Crippen LogP contribution in [0.3, 0.4) is 0 Å². The van der Waals surface area contributed by atoms with Crippen LogP contribution in [0.4, 0.5) is 5.69 Å². The molecular formula is C14H12N2. The Morgan fingerprint density at radius 3 is 3.12 bits per heavy atom. The smallest absolute Gasteiger partial charge is 0.0763 e. The highest BCUT2D eigenvalue weighted by molar-refractivity contribution is 6.48. The summed E-state index contributed by atoms with van der Waals surface area (Å²) in [5, 5.41) is 0. The predicted molar refractivity (Wildman–Crippen MR) is 65.6 cm³/mol. The minimum absolute atomic E-state index is 0.0614. The average Bonchev–Trinajstić information content (AvgIpc) is 2.75. The van der Waals surface area contributed by atoms with Crippen molar-refractivity contribution in [1.29, 1.82) is 0 Å². The highest BCUT2D eigenvalue weighted by Crippen LogP contribution is 2.47. The van der Waals surface area contributed by atoms with Gasteiger partial charge in [-0.05, 0) is 37.0 Å². The van der Waals surface area contributed by atoms with Crippen LogP contribution in [-0.2, 0) is 5.41 Å². The van der Waals surface area contributed by atoms with E-state index in [0.29, 0.717) is 0 Å². The monoisotopic (exact) mass is 208 g/mol. The summed E-state index contributed by atoms with van der Waals surface area (Å²) in [6, 6.07) is 8.49. The third-order valence-electron chi connectivity index (χ3n) is 3.88. The summed E-state index contributed by atoms with van der Waals surface area (Å²) in [6.45, 7) is 0. The molecule has 16 heavy (non-hydrogen) atoms. The normalized spacial score (nSPS) is 29.2. The second-order valence-electron chi connectivity index (χ2n) is 4.69. The number of fused-ring (bicyclic) bond motifs is 1. The van der Waals surface area contributed by atoms with E-state index in [2.05, 4.69) is 35.3 Å². The molecule has 0 aromatic heterocycles. The van der Waals surface area contributed by atoms with Gasteiger partial charge in [0, 0.05) is 6.20 Å². The number of benzene rings is 1. The first kappa shape index (κ1) is 8.45. The lowest BCUT2D eigenvalue weighted by atomic mass is 9.66. The van der Waals surface area contributed by atoms with E-state index in [9.17, 15) is 0 Å². The second kappa shape index (κ2) is 2.70. The summed E-state index contributed by atoms with van der Waals surface area (Å²) in [5.74, 6) is 0. The molecule has 2 aliphatic heterocycles. The van der Waals surface area contributed by atoms with Crippen molar-refractivity contribution >= 4 is 17.1 Å². The maximum atomic E-state index is 4.75. The van der Waals surface area contributed by atoms with E-state index in [4.69, 9.17) is 4.99 Å². The minimum Gasteiger partial charge on any atom is -0.258 e. The van der Waals surface area contributed by atoms with Crippen molar-refractivity contribution in [1.82, 2.24) is 0 Å². The summed E-state index contributed by atoms with van der Waals surface area (Å²) >= 11 is 0. The van der Waals surface area contributed by atoms with Crippen LogP contribution in [-0.4, -0.2) is 11.4 Å². The SMILES string of the molecule is C1=CC23CCCC(=Nc4ccccc42)C3=N1. The average molecular weight is 208 g/mol. The molecule has 4 rings (SSSR count). The number of nitrogens with zero attached hydrogens (tertiary/aromatic N) is 2. The Hall–Kier alpha value is -1.70. The molecule has 3 aliphatic rings. The topological polar surface area (TPSA) is 24.7 Å². The Morgan fingerprint density at radius 2 is 2.12 bits per heavy atom. The number of hydrogen-bond donors (Lipinski definition) is 0. The van der Waals surface area contributed by atoms with E-state index >= 15 is 0 Å². The van der Waals surface area contributed by atoms with Crippen LogP contribution in [0.1, 0.15) is 24.8 Å². The molecule has 0 N–H and O–H groups in total. The Kier molecular flexibility index (Phi) is 1.43. The molecule has 2 bridgehead atoms. The van der Waals surface area contributed by atoms with Gasteiger partial charge in [-0.25, -0.2) is 0 Å². The van der Waals surface area contributed by atoms with E-state index < -0.39 is 0 Å². The minimum atomic E-state index is 0.0614. The Labute approximate surface area is 94.4 Å². The molecule has 1 aliphatic carbocycles. The molecule has 1 aromatic carbocycles. The van der Waals surface area contributed by atoms with Gasteiger partial charge in [-0.15, -0.1) is 0 Å². The molecule has 0 saturated heterocycles. The molecule has 1 aromatic rings. The zero-order valence-corrected chi connectivity index (χ0v) is 8.98. The zero-order valence-electron chi connectivity index (χ0n) is 8.98. The summed E-state index contributed by atoms with van der Waals surface area (Å²) in [6.07, 6.45) is 7.69. The lowest BCUT2D eigenvalue weighted by Crippen LogP contribution is -2.43. The molecule has 2 nitrogen and oxygen atoms in total. The van der Waals surface area contributed by atoms with Crippen LogP contribution in [0.25, 0.3) is 0 Å². The van der Waals surface area contributed by atoms with Crippen molar-refractivity contribution < 1.29 is 0 Å². The van der Waals surface area contributed by atoms with Gasteiger partial charge < -0.3 is 0 Å². The molecule has 1 fully saturated rings. The van der Waals surface area contributed by atoms with Crippen molar-refractivity contribution in [2.24, 2.45) is 9.98 Å². The number of allylic oxidation sites excluding steroid dienone is 1. The van der Waals surface area contributed by atoms with Gasteiger partial charge in [0.05, 0.1) is 22.5 Å². The second-order valence-corrected chi connectivity index (χ2v) is 4.69. The van der Waals surface area contributed by atoms with Gasteiger partial charge in [-0.1, -0.05) is 18.2 Å². The van der Waals surface area contributed by atoms with Gasteiger partial charge in [-0.2, -0.15) is 0 Å². The van der Waals surface area contributed by atoms with Crippen LogP contribution in [0.2, 0.25) is 0 Å². The molecule has 0 spiro atoms. The molecule has 1 atom stereocenters. The standard InChI is InChI=1S/C14H12N2/c1-2-5-11-10(4-1)14-7-3-6-12(16-11)13(14)15-9-8-14/h1-2,4-5,8-9H,3,6-7H2. The first-order valence-electron chi connectivity index (χ1n) is 5.84. The van der Waals surface area contributed by atoms with Crippen LogP contribution in [0.5, 0.6) is 0 Å². The van der Waals surface area contributed by atoms with E-state index in [-0.39, 0.29) is 5.41 Å². The molecule has 2 heterocycles. The molecule has 1 unspecified atom stereocenters. The Bertz CT molecular complexity index is 566. The highest BCUT2D eigenvalue weighted by atomic mass is 14.9. The summed E-state index contributed by atoms with van der Waals surface area (Å²) in [7, 11) is 0. The van der Waals surface area contributed by atoms with Crippen LogP contribution >= 0.6 is 0 Å². The fourth-order valence-electron chi connectivity index (χ4n) is 3.17. The molecular weight excluding hydrogens is 196 g/mol. The molecule has 2 heteroatoms. The van der Waals surface area contributed by atoms with Gasteiger partial charge in [-0.3, -0.25) is 9.98 Å². The predicted octanol–water partition coefficient (Wildman–Crippen LogP) is 3.16. The van der Waals surface area contributed by atoms with Gasteiger partial charge >= 0.3 is 0 Å². The summed E-state index contributed by atoms with van der Waals surface area (Å²) in [5.41, 5.74) is 4.95. The lowest BCUT2D eigenvalue weighted by Gasteiger charge is -2.38. The van der Waals surface area contributed by atoms with Crippen molar-refractivity contribution in [2.45, 2.75) is 24.7 Å². The highest BCUT2D eigenvalue weighted by Gasteiger charge is 2.45. The van der Waals surface area contributed by atoms with Gasteiger partial charge in [0.1, 0.15) is 0 Å². The molecule has 0 radical (unpaired) electrons. The van der Waals surface area contributed by atoms with Crippen LogP contribution < -0.4 is 0 Å². The van der Waals surface area contributed by atoms with E-state index in [0.717, 1.165) is 12.1 Å². The first-order chi connectivity index (χ1) is 7.90. The first-order valence-corrected chi connectivity index (χ1v) is 5.84. The third kappa shape index (κ3) is 0.838. The maximum absolute atomic E-state index is 4.75. The van der Waals surface area contributed by atoms with Crippen molar-refractivity contribution in [3.8, 4) is 0 Å². The Balaban J connectivity index is 2.10. The van der Waals surface area contributed by atoms with Crippen LogP contribution in [0, 0.1) is 0 Å². The number of aliphatic imine (C=N–C) groups is 2. The summed E-state index contributed by atoms with van der Waals surface area (Å²) < 4.78 is 0. The Morgan fingerprint density at radius 1 is 1.19 bits per heavy atom. The van der Waals surface area contributed by atoms with Crippen molar-refractivity contribution in [3.05, 3.63) is 42.1 Å². The molecule has 1 saturated carbocycles. The number of hydrogen-bond acceptors (Lipinski definition) is 2. The van der Waals surface area contributed by atoms with Crippen LogP contribution in [0.15, 0.2) is 46.5 Å². The van der Waals surface area contributed by atoms with E-state index in [1.807, 2.05) is 6.20 Å². The number of para-hydroxylation sites is 1. The largest absolute Gasteiger partial charge is 0.258 e. The van der Waals surface area contributed by atoms with Crippen molar-refractivity contribution in [3.63, 3.8) is 0 Å². The van der Waals surface area contributed by atoms with E-state index in [1.54, 1.807) is 0 Å².